The minimum atomic E-state index is -0.747. The van der Waals surface area contributed by atoms with E-state index in [1.165, 1.54) is 11.1 Å². The molecule has 1 atom stereocenters. The number of aryl methyl sites for hydroxylation is 1. The standard InChI is InChI=1S/C15H17N3O3/c1-10-12(9-16-21-10)14(19)17-13(15(20)18(2)3)11-7-5-4-6-8-11/h4-9,13H,1-3H3,(H,17,19)/t13-/m0/s1. The van der Waals surface area contributed by atoms with Gasteiger partial charge in [0, 0.05) is 14.1 Å². The van der Waals surface area contributed by atoms with Gasteiger partial charge in [-0.05, 0) is 12.5 Å². The molecule has 0 aliphatic heterocycles. The third-order valence-electron chi connectivity index (χ3n) is 3.09. The van der Waals surface area contributed by atoms with Crippen LogP contribution in [-0.4, -0.2) is 36.0 Å². The van der Waals surface area contributed by atoms with E-state index in [0.29, 0.717) is 11.3 Å². The van der Waals surface area contributed by atoms with Gasteiger partial charge in [0.1, 0.15) is 17.4 Å². The minimum absolute atomic E-state index is 0.205. The number of benzene rings is 1. The first-order valence-electron chi connectivity index (χ1n) is 6.49. The number of amides is 2. The van der Waals surface area contributed by atoms with Crippen LogP contribution in [0.3, 0.4) is 0 Å². The first kappa shape index (κ1) is 14.8. The Balaban J connectivity index is 2.27. The van der Waals surface area contributed by atoms with E-state index < -0.39 is 11.9 Å². The summed E-state index contributed by atoms with van der Waals surface area (Å²) in [6.45, 7) is 1.65. The molecule has 0 unspecified atom stereocenters. The van der Waals surface area contributed by atoms with E-state index in [-0.39, 0.29) is 5.91 Å². The van der Waals surface area contributed by atoms with Gasteiger partial charge in [-0.15, -0.1) is 0 Å². The van der Waals surface area contributed by atoms with Gasteiger partial charge in [0.15, 0.2) is 0 Å². The molecule has 0 radical (unpaired) electrons. The van der Waals surface area contributed by atoms with E-state index in [0.717, 1.165) is 5.56 Å². The molecule has 0 fully saturated rings. The maximum Gasteiger partial charge on any atom is 0.257 e. The molecule has 2 aromatic rings. The zero-order valence-corrected chi connectivity index (χ0v) is 12.2. The molecular weight excluding hydrogens is 270 g/mol. The van der Waals surface area contributed by atoms with Crippen LogP contribution >= 0.6 is 0 Å². The van der Waals surface area contributed by atoms with Crippen LogP contribution in [0.5, 0.6) is 0 Å². The van der Waals surface area contributed by atoms with E-state index in [1.54, 1.807) is 33.2 Å². The van der Waals surface area contributed by atoms with Crippen LogP contribution in [0.4, 0.5) is 0 Å². The van der Waals surface area contributed by atoms with Crippen molar-refractivity contribution in [2.75, 3.05) is 14.1 Å². The Morgan fingerprint density at radius 3 is 2.43 bits per heavy atom. The zero-order valence-electron chi connectivity index (χ0n) is 12.2. The number of carbonyl (C=O) groups is 2. The van der Waals surface area contributed by atoms with Crippen molar-refractivity contribution in [3.63, 3.8) is 0 Å². The highest BCUT2D eigenvalue weighted by Crippen LogP contribution is 2.16. The summed E-state index contributed by atoms with van der Waals surface area (Å²) < 4.78 is 4.87. The van der Waals surface area contributed by atoms with Crippen LogP contribution in [0.25, 0.3) is 0 Å². The highest BCUT2D eigenvalue weighted by molar-refractivity contribution is 5.98. The Morgan fingerprint density at radius 2 is 1.90 bits per heavy atom. The number of nitrogens with one attached hydrogen (secondary N) is 1. The van der Waals surface area contributed by atoms with Crippen LogP contribution in [0, 0.1) is 6.92 Å². The smallest absolute Gasteiger partial charge is 0.257 e. The lowest BCUT2D eigenvalue weighted by Gasteiger charge is -2.21. The lowest BCUT2D eigenvalue weighted by atomic mass is 10.1. The number of carbonyl (C=O) groups excluding carboxylic acids is 2. The van der Waals surface area contributed by atoms with Crippen molar-refractivity contribution < 1.29 is 14.1 Å². The molecule has 21 heavy (non-hydrogen) atoms. The average Bonchev–Trinajstić information content (AvgIpc) is 2.91. The molecule has 6 heteroatoms. The number of hydrogen-bond donors (Lipinski definition) is 1. The molecule has 0 aliphatic rings. The molecular formula is C15H17N3O3. The summed E-state index contributed by atoms with van der Waals surface area (Å²) in [6, 6.07) is 8.35. The van der Waals surface area contributed by atoms with E-state index in [1.807, 2.05) is 18.2 Å². The maximum atomic E-state index is 12.3. The maximum absolute atomic E-state index is 12.3. The summed E-state index contributed by atoms with van der Waals surface area (Å²) in [5.41, 5.74) is 1.04. The van der Waals surface area contributed by atoms with Gasteiger partial charge in [-0.1, -0.05) is 35.5 Å². The quantitative estimate of drug-likeness (QED) is 0.925. The molecule has 2 rings (SSSR count). The first-order valence-corrected chi connectivity index (χ1v) is 6.49. The van der Waals surface area contributed by atoms with Crippen molar-refractivity contribution in [3.8, 4) is 0 Å². The monoisotopic (exact) mass is 287 g/mol. The fourth-order valence-corrected chi connectivity index (χ4v) is 1.92. The third-order valence-corrected chi connectivity index (χ3v) is 3.09. The topological polar surface area (TPSA) is 75.4 Å². The lowest BCUT2D eigenvalue weighted by molar-refractivity contribution is -0.130. The van der Waals surface area contributed by atoms with Crippen molar-refractivity contribution in [1.82, 2.24) is 15.4 Å². The first-order chi connectivity index (χ1) is 10.0. The van der Waals surface area contributed by atoms with Crippen molar-refractivity contribution >= 4 is 11.8 Å². The average molecular weight is 287 g/mol. The second-order valence-electron chi connectivity index (χ2n) is 4.85. The summed E-state index contributed by atoms with van der Waals surface area (Å²) in [5, 5.41) is 6.30. The van der Waals surface area contributed by atoms with Crippen molar-refractivity contribution in [2.24, 2.45) is 0 Å². The number of hydrogen-bond acceptors (Lipinski definition) is 4. The molecule has 1 aromatic carbocycles. The molecule has 6 nitrogen and oxygen atoms in total. The fourth-order valence-electron chi connectivity index (χ4n) is 1.92. The van der Waals surface area contributed by atoms with Crippen LogP contribution in [0.1, 0.15) is 27.7 Å². The van der Waals surface area contributed by atoms with Crippen molar-refractivity contribution in [3.05, 3.63) is 53.4 Å². The Morgan fingerprint density at radius 1 is 1.24 bits per heavy atom. The molecule has 2 amide bonds. The van der Waals surface area contributed by atoms with Gasteiger partial charge in [-0.3, -0.25) is 9.59 Å². The largest absolute Gasteiger partial charge is 0.361 e. The highest BCUT2D eigenvalue weighted by Gasteiger charge is 2.25. The lowest BCUT2D eigenvalue weighted by Crippen LogP contribution is -2.39. The molecule has 1 aromatic heterocycles. The second-order valence-corrected chi connectivity index (χ2v) is 4.85. The minimum Gasteiger partial charge on any atom is -0.361 e. The highest BCUT2D eigenvalue weighted by atomic mass is 16.5. The SMILES string of the molecule is Cc1oncc1C(=O)N[C@H](C(=O)N(C)C)c1ccccc1. The molecule has 110 valence electrons. The Hall–Kier alpha value is -2.63. The van der Waals surface area contributed by atoms with Crippen LogP contribution < -0.4 is 5.32 Å². The molecule has 0 saturated carbocycles. The normalized spacial score (nSPS) is 11.8. The van der Waals surface area contributed by atoms with E-state index in [4.69, 9.17) is 4.52 Å². The van der Waals surface area contributed by atoms with Crippen molar-refractivity contribution in [1.29, 1.82) is 0 Å². The summed E-state index contributed by atoms with van der Waals surface area (Å²) in [7, 11) is 3.30. The number of likely N-dealkylation sites (N-methyl/N-ethyl adjacent to an activating group) is 1. The molecule has 0 spiro atoms. The Kier molecular flexibility index (Phi) is 4.37. The van der Waals surface area contributed by atoms with Gasteiger partial charge in [0.05, 0.1) is 6.20 Å². The Bertz CT molecular complexity index is 635. The third kappa shape index (κ3) is 3.28. The predicted molar refractivity (Wildman–Crippen MR) is 76.6 cm³/mol. The van der Waals surface area contributed by atoms with E-state index in [2.05, 4.69) is 10.5 Å². The summed E-state index contributed by atoms with van der Waals surface area (Å²) >= 11 is 0. The number of nitrogens with zero attached hydrogens (tertiary/aromatic N) is 2. The predicted octanol–water partition coefficient (Wildman–Crippen LogP) is 1.54. The van der Waals surface area contributed by atoms with Gasteiger partial charge in [0.2, 0.25) is 5.91 Å². The van der Waals surface area contributed by atoms with E-state index in [9.17, 15) is 9.59 Å². The van der Waals surface area contributed by atoms with Gasteiger partial charge in [0.25, 0.3) is 5.91 Å². The Labute approximate surface area is 122 Å². The number of rotatable bonds is 4. The molecule has 1 heterocycles. The second kappa shape index (κ2) is 6.21. The van der Waals surface area contributed by atoms with Crippen LogP contribution in [-0.2, 0) is 4.79 Å². The van der Waals surface area contributed by atoms with Gasteiger partial charge in [-0.2, -0.15) is 0 Å². The molecule has 0 saturated heterocycles. The zero-order chi connectivity index (χ0) is 15.4. The molecule has 0 bridgehead atoms. The molecule has 1 N–H and O–H groups in total. The summed E-state index contributed by atoms with van der Waals surface area (Å²) in [4.78, 5) is 26.0. The van der Waals surface area contributed by atoms with Crippen LogP contribution in [0.15, 0.2) is 41.1 Å². The van der Waals surface area contributed by atoms with Crippen molar-refractivity contribution in [2.45, 2.75) is 13.0 Å². The summed E-state index contributed by atoms with van der Waals surface area (Å²) in [5.74, 6) is -0.182. The van der Waals surface area contributed by atoms with E-state index >= 15 is 0 Å². The fraction of sp³-hybridized carbons (Fsp3) is 0.267. The van der Waals surface area contributed by atoms with Gasteiger partial charge < -0.3 is 14.7 Å². The van der Waals surface area contributed by atoms with Gasteiger partial charge in [-0.25, -0.2) is 0 Å². The summed E-state index contributed by atoms with van der Waals surface area (Å²) in [6.07, 6.45) is 1.34. The van der Waals surface area contributed by atoms with Gasteiger partial charge >= 0.3 is 0 Å². The number of aromatic nitrogens is 1. The molecule has 0 aliphatic carbocycles. The van der Waals surface area contributed by atoms with Crippen LogP contribution in [0.2, 0.25) is 0 Å².